The molecule has 34 heavy (non-hydrogen) atoms. The van der Waals surface area contributed by atoms with Crippen molar-refractivity contribution in [2.45, 2.75) is 26.3 Å². The third-order valence-electron chi connectivity index (χ3n) is 6.21. The van der Waals surface area contributed by atoms with E-state index in [1.54, 1.807) is 0 Å². The van der Waals surface area contributed by atoms with Gasteiger partial charge in [-0.3, -0.25) is 15.0 Å². The standard InChI is InChI=1S/C26H32N6O2/c1-20(2)13-14-27-25-24(32(33)34)26(29-19-28-25)31-17-15-30(16-18-31)23(21-9-5-3-6-10-21)22-11-7-4-8-12-22/h3-12,19-20,23H,13-18H2,1-2H3,(H,27,28,29). The maximum atomic E-state index is 12.0. The monoisotopic (exact) mass is 460 g/mol. The Labute approximate surface area is 200 Å². The second-order valence-corrected chi connectivity index (χ2v) is 9.01. The van der Waals surface area contributed by atoms with Crippen molar-refractivity contribution in [2.24, 2.45) is 5.92 Å². The highest BCUT2D eigenvalue weighted by atomic mass is 16.6. The van der Waals surface area contributed by atoms with E-state index in [2.05, 4.69) is 82.6 Å². The van der Waals surface area contributed by atoms with Crippen molar-refractivity contribution in [3.8, 4) is 0 Å². The van der Waals surface area contributed by atoms with Crippen molar-refractivity contribution in [3.63, 3.8) is 0 Å². The third kappa shape index (κ3) is 5.51. The number of benzene rings is 2. The van der Waals surface area contributed by atoms with Crippen molar-refractivity contribution >= 4 is 17.3 Å². The van der Waals surface area contributed by atoms with Gasteiger partial charge in [0.05, 0.1) is 11.0 Å². The molecule has 0 saturated carbocycles. The second kappa shape index (κ2) is 11.1. The minimum atomic E-state index is -0.365. The van der Waals surface area contributed by atoms with Gasteiger partial charge in [-0.1, -0.05) is 74.5 Å². The van der Waals surface area contributed by atoms with Crippen LogP contribution in [-0.4, -0.2) is 52.5 Å². The molecule has 1 aromatic heterocycles. The van der Waals surface area contributed by atoms with Crippen LogP contribution in [0.5, 0.6) is 0 Å². The molecular weight excluding hydrogens is 428 g/mol. The summed E-state index contributed by atoms with van der Waals surface area (Å²) >= 11 is 0. The molecule has 0 bridgehead atoms. The highest BCUT2D eigenvalue weighted by molar-refractivity contribution is 5.70. The molecular formula is C26H32N6O2. The fourth-order valence-electron chi connectivity index (χ4n) is 4.45. The fourth-order valence-corrected chi connectivity index (χ4v) is 4.45. The minimum Gasteiger partial charge on any atom is -0.364 e. The molecule has 1 fully saturated rings. The highest BCUT2D eigenvalue weighted by Gasteiger charge is 2.31. The third-order valence-corrected chi connectivity index (χ3v) is 6.21. The van der Waals surface area contributed by atoms with Gasteiger partial charge in [-0.2, -0.15) is 0 Å². The zero-order chi connectivity index (χ0) is 23.9. The van der Waals surface area contributed by atoms with Gasteiger partial charge < -0.3 is 10.2 Å². The second-order valence-electron chi connectivity index (χ2n) is 9.01. The molecule has 0 unspecified atom stereocenters. The molecule has 1 aliphatic heterocycles. The lowest BCUT2D eigenvalue weighted by Crippen LogP contribution is -2.48. The molecule has 8 heteroatoms. The lowest BCUT2D eigenvalue weighted by atomic mass is 9.96. The molecule has 0 atom stereocenters. The molecule has 0 spiro atoms. The van der Waals surface area contributed by atoms with Crippen LogP contribution in [0.1, 0.15) is 37.4 Å². The zero-order valence-electron chi connectivity index (χ0n) is 19.8. The number of hydrogen-bond donors (Lipinski definition) is 1. The summed E-state index contributed by atoms with van der Waals surface area (Å²) in [6.07, 6.45) is 2.33. The van der Waals surface area contributed by atoms with E-state index in [4.69, 9.17) is 0 Å². The first kappa shape index (κ1) is 23.6. The lowest BCUT2D eigenvalue weighted by molar-refractivity contribution is -0.383. The molecule has 2 heterocycles. The lowest BCUT2D eigenvalue weighted by Gasteiger charge is -2.40. The van der Waals surface area contributed by atoms with E-state index in [-0.39, 0.29) is 16.7 Å². The first-order chi connectivity index (χ1) is 16.5. The van der Waals surface area contributed by atoms with Gasteiger partial charge in [-0.25, -0.2) is 9.97 Å². The maximum absolute atomic E-state index is 12.0. The molecule has 0 amide bonds. The van der Waals surface area contributed by atoms with E-state index in [1.165, 1.54) is 17.5 Å². The van der Waals surface area contributed by atoms with E-state index in [9.17, 15) is 10.1 Å². The van der Waals surface area contributed by atoms with Gasteiger partial charge in [-0.15, -0.1) is 0 Å². The van der Waals surface area contributed by atoms with Crippen LogP contribution in [-0.2, 0) is 0 Å². The summed E-state index contributed by atoms with van der Waals surface area (Å²) in [5.74, 6) is 1.19. The quantitative estimate of drug-likeness (QED) is 0.364. The van der Waals surface area contributed by atoms with Gasteiger partial charge in [0, 0.05) is 32.7 Å². The largest absolute Gasteiger partial charge is 0.364 e. The summed E-state index contributed by atoms with van der Waals surface area (Å²) in [5, 5.41) is 15.1. The Bertz CT molecular complexity index is 1030. The Hall–Kier alpha value is -3.52. The Morgan fingerprint density at radius 3 is 2.06 bits per heavy atom. The molecule has 0 aliphatic carbocycles. The van der Waals surface area contributed by atoms with Crippen LogP contribution < -0.4 is 10.2 Å². The first-order valence-electron chi connectivity index (χ1n) is 11.9. The normalized spacial score (nSPS) is 14.5. The average molecular weight is 461 g/mol. The Balaban J connectivity index is 1.53. The molecule has 1 saturated heterocycles. The van der Waals surface area contributed by atoms with Gasteiger partial charge in [0.15, 0.2) is 0 Å². The Morgan fingerprint density at radius 2 is 1.53 bits per heavy atom. The molecule has 178 valence electrons. The number of anilines is 2. The number of piperazine rings is 1. The van der Waals surface area contributed by atoms with E-state index in [1.807, 2.05) is 17.0 Å². The van der Waals surface area contributed by atoms with Crippen molar-refractivity contribution in [1.82, 2.24) is 14.9 Å². The van der Waals surface area contributed by atoms with E-state index in [0.29, 0.717) is 37.2 Å². The van der Waals surface area contributed by atoms with E-state index >= 15 is 0 Å². The van der Waals surface area contributed by atoms with Crippen LogP contribution in [0.3, 0.4) is 0 Å². The summed E-state index contributed by atoms with van der Waals surface area (Å²) in [5.41, 5.74) is 2.45. The SMILES string of the molecule is CC(C)CCNc1ncnc(N2CCN(C(c3ccccc3)c3ccccc3)CC2)c1[N+](=O)[O-]. The molecule has 8 nitrogen and oxygen atoms in total. The van der Waals surface area contributed by atoms with Gasteiger partial charge >= 0.3 is 5.69 Å². The van der Waals surface area contributed by atoms with E-state index in [0.717, 1.165) is 19.5 Å². The maximum Gasteiger partial charge on any atom is 0.353 e. The zero-order valence-corrected chi connectivity index (χ0v) is 19.8. The van der Waals surface area contributed by atoms with Crippen LogP contribution in [0.4, 0.5) is 17.3 Å². The van der Waals surface area contributed by atoms with Crippen molar-refractivity contribution in [1.29, 1.82) is 0 Å². The van der Waals surface area contributed by atoms with Crippen molar-refractivity contribution < 1.29 is 4.92 Å². The summed E-state index contributed by atoms with van der Waals surface area (Å²) in [7, 11) is 0. The number of aromatic nitrogens is 2. The number of rotatable bonds is 9. The summed E-state index contributed by atoms with van der Waals surface area (Å²) < 4.78 is 0. The van der Waals surface area contributed by atoms with Crippen LogP contribution in [0, 0.1) is 16.0 Å². The van der Waals surface area contributed by atoms with Crippen molar-refractivity contribution in [2.75, 3.05) is 42.9 Å². The highest BCUT2D eigenvalue weighted by Crippen LogP contribution is 2.34. The number of nitrogens with zero attached hydrogens (tertiary/aromatic N) is 5. The van der Waals surface area contributed by atoms with Gasteiger partial charge in [0.1, 0.15) is 6.33 Å². The predicted molar refractivity (Wildman–Crippen MR) is 135 cm³/mol. The molecule has 2 aromatic carbocycles. The van der Waals surface area contributed by atoms with Crippen LogP contribution in [0.2, 0.25) is 0 Å². The Kier molecular flexibility index (Phi) is 7.69. The molecule has 3 aromatic rings. The topological polar surface area (TPSA) is 87.4 Å². The summed E-state index contributed by atoms with van der Waals surface area (Å²) in [6, 6.07) is 21.1. The van der Waals surface area contributed by atoms with E-state index < -0.39 is 0 Å². The molecule has 1 N–H and O–H groups in total. The van der Waals surface area contributed by atoms with Crippen LogP contribution >= 0.6 is 0 Å². The van der Waals surface area contributed by atoms with Gasteiger partial charge in [0.2, 0.25) is 11.6 Å². The summed E-state index contributed by atoms with van der Waals surface area (Å²) in [6.45, 7) is 7.73. The number of nitro groups is 1. The predicted octanol–water partition coefficient (Wildman–Crippen LogP) is 4.75. The number of nitrogens with one attached hydrogen (secondary N) is 1. The number of hydrogen-bond acceptors (Lipinski definition) is 7. The minimum absolute atomic E-state index is 0.0395. The molecule has 0 radical (unpaired) electrons. The molecule has 1 aliphatic rings. The average Bonchev–Trinajstić information content (AvgIpc) is 2.85. The van der Waals surface area contributed by atoms with Crippen LogP contribution in [0.15, 0.2) is 67.0 Å². The fraction of sp³-hybridized carbons (Fsp3) is 0.385. The summed E-state index contributed by atoms with van der Waals surface area (Å²) in [4.78, 5) is 24.6. The Morgan fingerprint density at radius 1 is 0.941 bits per heavy atom. The smallest absolute Gasteiger partial charge is 0.353 e. The molecule has 4 rings (SSSR count). The van der Waals surface area contributed by atoms with Crippen molar-refractivity contribution in [3.05, 3.63) is 88.2 Å². The van der Waals surface area contributed by atoms with Gasteiger partial charge in [0.25, 0.3) is 0 Å². The van der Waals surface area contributed by atoms with Gasteiger partial charge in [-0.05, 0) is 23.5 Å². The van der Waals surface area contributed by atoms with Crippen LogP contribution in [0.25, 0.3) is 0 Å². The first-order valence-corrected chi connectivity index (χ1v) is 11.9.